The van der Waals surface area contributed by atoms with Crippen LogP contribution in [0.3, 0.4) is 0 Å². The molecule has 0 radical (unpaired) electrons. The van der Waals surface area contributed by atoms with Gasteiger partial charge >= 0.3 is 0 Å². The summed E-state index contributed by atoms with van der Waals surface area (Å²) >= 11 is 0. The minimum Gasteiger partial charge on any atom is -0.326 e. The quantitative estimate of drug-likeness (QED) is 0.445. The summed E-state index contributed by atoms with van der Waals surface area (Å²) in [6.07, 6.45) is 1.86. The van der Waals surface area contributed by atoms with Crippen LogP contribution in [0.5, 0.6) is 0 Å². The van der Waals surface area contributed by atoms with Crippen molar-refractivity contribution in [2.75, 3.05) is 12.4 Å². The first-order valence-electron chi connectivity index (χ1n) is 10.4. The van der Waals surface area contributed by atoms with Crippen molar-refractivity contribution >= 4 is 21.6 Å². The van der Waals surface area contributed by atoms with Gasteiger partial charge in [0.25, 0.3) is 0 Å². The molecule has 1 heterocycles. The van der Waals surface area contributed by atoms with Crippen LogP contribution < -0.4 is 5.32 Å². The third-order valence-corrected chi connectivity index (χ3v) is 6.95. The summed E-state index contributed by atoms with van der Waals surface area (Å²) in [6, 6.07) is 25.5. The van der Waals surface area contributed by atoms with Crippen LogP contribution in [-0.4, -0.2) is 35.5 Å². The fourth-order valence-electron chi connectivity index (χ4n) is 3.50. The van der Waals surface area contributed by atoms with Gasteiger partial charge in [-0.2, -0.15) is 9.40 Å². The molecule has 8 heteroatoms. The maximum Gasteiger partial charge on any atom is 0.243 e. The van der Waals surface area contributed by atoms with Gasteiger partial charge in [0.05, 0.1) is 16.3 Å². The zero-order valence-electron chi connectivity index (χ0n) is 18.3. The smallest absolute Gasteiger partial charge is 0.243 e. The zero-order valence-corrected chi connectivity index (χ0v) is 19.2. The molecule has 0 atom stereocenters. The average molecular weight is 461 g/mol. The van der Waals surface area contributed by atoms with Crippen LogP contribution >= 0.6 is 0 Å². The lowest BCUT2D eigenvalue weighted by atomic mass is 10.1. The van der Waals surface area contributed by atoms with E-state index in [2.05, 4.69) is 5.32 Å². The number of sulfonamides is 1. The predicted molar refractivity (Wildman–Crippen MR) is 128 cm³/mol. The molecule has 0 aliphatic rings. The maximum absolute atomic E-state index is 13.2. The van der Waals surface area contributed by atoms with E-state index in [0.717, 1.165) is 22.5 Å². The molecule has 33 heavy (non-hydrogen) atoms. The second kappa shape index (κ2) is 9.40. The summed E-state index contributed by atoms with van der Waals surface area (Å²) in [6.45, 7) is 1.55. The van der Waals surface area contributed by atoms with Gasteiger partial charge in [-0.05, 0) is 36.4 Å². The summed E-state index contributed by atoms with van der Waals surface area (Å²) in [4.78, 5) is 11.4. The van der Waals surface area contributed by atoms with Crippen LogP contribution in [0.1, 0.15) is 12.5 Å². The topological polar surface area (TPSA) is 84.3 Å². The van der Waals surface area contributed by atoms with Crippen molar-refractivity contribution < 1.29 is 13.2 Å². The Morgan fingerprint density at radius 2 is 1.55 bits per heavy atom. The van der Waals surface area contributed by atoms with Crippen LogP contribution in [-0.2, 0) is 21.4 Å². The van der Waals surface area contributed by atoms with E-state index in [0.29, 0.717) is 5.69 Å². The summed E-state index contributed by atoms with van der Waals surface area (Å²) in [5.41, 5.74) is 3.85. The van der Waals surface area contributed by atoms with Crippen molar-refractivity contribution in [1.29, 1.82) is 0 Å². The number of benzene rings is 3. The van der Waals surface area contributed by atoms with Gasteiger partial charge in [0.2, 0.25) is 15.9 Å². The van der Waals surface area contributed by atoms with Crippen LogP contribution in [0.4, 0.5) is 5.69 Å². The van der Waals surface area contributed by atoms with E-state index >= 15 is 0 Å². The highest BCUT2D eigenvalue weighted by Crippen LogP contribution is 2.26. The van der Waals surface area contributed by atoms with Crippen molar-refractivity contribution in [1.82, 2.24) is 14.1 Å². The number of para-hydroxylation sites is 1. The molecule has 1 amide bonds. The van der Waals surface area contributed by atoms with E-state index < -0.39 is 10.0 Å². The number of hydrogen-bond donors (Lipinski definition) is 1. The molecule has 0 fully saturated rings. The lowest BCUT2D eigenvalue weighted by molar-refractivity contribution is -0.114. The molecule has 0 saturated heterocycles. The van der Waals surface area contributed by atoms with Crippen molar-refractivity contribution in [3.63, 3.8) is 0 Å². The molecule has 0 bridgehead atoms. The molecular weight excluding hydrogens is 436 g/mol. The number of nitrogens with one attached hydrogen (secondary N) is 1. The van der Waals surface area contributed by atoms with Crippen molar-refractivity contribution in [3.8, 4) is 16.9 Å². The molecule has 4 aromatic rings. The third-order valence-electron chi connectivity index (χ3n) is 5.13. The van der Waals surface area contributed by atoms with Gasteiger partial charge in [0, 0.05) is 43.5 Å². The fraction of sp³-hybridized carbons (Fsp3) is 0.120. The van der Waals surface area contributed by atoms with E-state index in [9.17, 15) is 13.2 Å². The van der Waals surface area contributed by atoms with Crippen molar-refractivity contribution in [2.45, 2.75) is 18.4 Å². The van der Waals surface area contributed by atoms with E-state index in [1.165, 1.54) is 23.4 Å². The van der Waals surface area contributed by atoms with E-state index in [1.807, 2.05) is 66.9 Å². The van der Waals surface area contributed by atoms with Gasteiger partial charge in [-0.3, -0.25) is 4.79 Å². The Morgan fingerprint density at radius 1 is 0.939 bits per heavy atom. The molecule has 168 valence electrons. The van der Waals surface area contributed by atoms with Gasteiger partial charge in [-0.15, -0.1) is 0 Å². The second-order valence-corrected chi connectivity index (χ2v) is 9.66. The van der Waals surface area contributed by atoms with Crippen molar-refractivity contribution in [2.24, 2.45) is 0 Å². The Bertz CT molecular complexity index is 1350. The van der Waals surface area contributed by atoms with Crippen LogP contribution in [0.2, 0.25) is 0 Å². The first kappa shape index (κ1) is 22.4. The zero-order chi connectivity index (χ0) is 23.4. The Morgan fingerprint density at radius 3 is 2.15 bits per heavy atom. The van der Waals surface area contributed by atoms with Crippen LogP contribution in [0.25, 0.3) is 16.9 Å². The SMILES string of the molecule is CC(=O)Nc1ccc(S(=O)(=O)N(C)Cc2cn(-c3ccccc3)nc2-c2ccccc2)cc1. The van der Waals surface area contributed by atoms with Gasteiger partial charge in [0.15, 0.2) is 0 Å². The van der Waals surface area contributed by atoms with Gasteiger partial charge in [-0.1, -0.05) is 48.5 Å². The van der Waals surface area contributed by atoms with E-state index in [-0.39, 0.29) is 17.3 Å². The minimum atomic E-state index is -3.75. The predicted octanol–water partition coefficient (Wildman–Crippen LogP) is 4.32. The highest BCUT2D eigenvalue weighted by Gasteiger charge is 2.23. The molecule has 1 aromatic heterocycles. The first-order chi connectivity index (χ1) is 15.8. The largest absolute Gasteiger partial charge is 0.326 e. The number of rotatable bonds is 7. The van der Waals surface area contributed by atoms with Crippen molar-refractivity contribution in [3.05, 3.63) is 96.7 Å². The number of aromatic nitrogens is 2. The Kier molecular flexibility index (Phi) is 6.39. The highest BCUT2D eigenvalue weighted by molar-refractivity contribution is 7.89. The number of nitrogens with zero attached hydrogens (tertiary/aromatic N) is 3. The van der Waals surface area contributed by atoms with Gasteiger partial charge < -0.3 is 5.32 Å². The third kappa shape index (κ3) is 5.02. The molecule has 0 aliphatic carbocycles. The summed E-state index contributed by atoms with van der Waals surface area (Å²) in [5, 5.41) is 7.39. The standard InChI is InChI=1S/C25H24N4O3S/c1-19(30)26-22-13-15-24(16-14-22)33(31,32)28(2)17-21-18-29(23-11-7-4-8-12-23)27-25(21)20-9-5-3-6-10-20/h3-16,18H,17H2,1-2H3,(H,26,30). The maximum atomic E-state index is 13.2. The molecular formula is C25H24N4O3S. The van der Waals surface area contributed by atoms with Gasteiger partial charge in [0.1, 0.15) is 0 Å². The Labute approximate surface area is 193 Å². The van der Waals surface area contributed by atoms with Crippen LogP contribution in [0.15, 0.2) is 96.0 Å². The van der Waals surface area contributed by atoms with Crippen LogP contribution in [0, 0.1) is 0 Å². The molecule has 0 spiro atoms. The summed E-state index contributed by atoms with van der Waals surface area (Å²) in [7, 11) is -2.21. The molecule has 0 aliphatic heterocycles. The normalized spacial score (nSPS) is 11.5. The Balaban J connectivity index is 1.66. The fourth-order valence-corrected chi connectivity index (χ4v) is 4.64. The summed E-state index contributed by atoms with van der Waals surface area (Å²) < 4.78 is 29.5. The summed E-state index contributed by atoms with van der Waals surface area (Å²) in [5.74, 6) is -0.216. The number of hydrogen-bond acceptors (Lipinski definition) is 4. The average Bonchev–Trinajstić information content (AvgIpc) is 3.24. The highest BCUT2D eigenvalue weighted by atomic mass is 32.2. The monoisotopic (exact) mass is 460 g/mol. The van der Waals surface area contributed by atoms with Gasteiger partial charge in [-0.25, -0.2) is 13.1 Å². The molecule has 4 rings (SSSR count). The minimum absolute atomic E-state index is 0.146. The molecule has 7 nitrogen and oxygen atoms in total. The number of carbonyl (C=O) groups excluding carboxylic acids is 1. The first-order valence-corrected chi connectivity index (χ1v) is 11.8. The molecule has 3 aromatic carbocycles. The molecule has 0 unspecified atom stereocenters. The van der Waals surface area contributed by atoms with E-state index in [1.54, 1.807) is 23.9 Å². The number of anilines is 1. The lowest BCUT2D eigenvalue weighted by Crippen LogP contribution is -2.26. The molecule has 0 saturated carbocycles. The second-order valence-electron chi connectivity index (χ2n) is 7.62. The lowest BCUT2D eigenvalue weighted by Gasteiger charge is -2.17. The number of carbonyl (C=O) groups is 1. The number of amides is 1. The van der Waals surface area contributed by atoms with E-state index in [4.69, 9.17) is 5.10 Å². The molecule has 1 N–H and O–H groups in total. The Hall–Kier alpha value is -3.75.